The Hall–Kier alpha value is -2.60. The van der Waals surface area contributed by atoms with Gasteiger partial charge in [0.05, 0.1) is 11.3 Å². The monoisotopic (exact) mass is 312 g/mol. The SMILES string of the molecule is Cc1ccc(-n2c(-c3ccc(N)cc3O)n[nH]c2=S)c(C)c1. The van der Waals surface area contributed by atoms with Crippen molar-refractivity contribution in [3.63, 3.8) is 0 Å². The number of aromatic nitrogens is 3. The van der Waals surface area contributed by atoms with E-state index in [2.05, 4.69) is 16.3 Å². The van der Waals surface area contributed by atoms with Crippen molar-refractivity contribution in [2.45, 2.75) is 13.8 Å². The fourth-order valence-electron chi connectivity index (χ4n) is 2.50. The number of aromatic hydroxyl groups is 1. The summed E-state index contributed by atoms with van der Waals surface area (Å²) >= 11 is 5.35. The van der Waals surface area contributed by atoms with Gasteiger partial charge in [0.2, 0.25) is 0 Å². The van der Waals surface area contributed by atoms with Gasteiger partial charge in [-0.1, -0.05) is 17.7 Å². The number of hydrogen-bond donors (Lipinski definition) is 3. The highest BCUT2D eigenvalue weighted by atomic mass is 32.1. The van der Waals surface area contributed by atoms with E-state index < -0.39 is 0 Å². The van der Waals surface area contributed by atoms with E-state index >= 15 is 0 Å². The van der Waals surface area contributed by atoms with Crippen molar-refractivity contribution in [1.29, 1.82) is 0 Å². The minimum Gasteiger partial charge on any atom is -0.507 e. The molecule has 112 valence electrons. The highest BCUT2D eigenvalue weighted by molar-refractivity contribution is 7.71. The van der Waals surface area contributed by atoms with Gasteiger partial charge in [-0.2, -0.15) is 5.10 Å². The predicted octanol–water partition coefficient (Wildman–Crippen LogP) is 3.50. The molecule has 4 N–H and O–H groups in total. The molecular weight excluding hydrogens is 296 g/mol. The van der Waals surface area contributed by atoms with Crippen LogP contribution in [0, 0.1) is 18.6 Å². The summed E-state index contributed by atoms with van der Waals surface area (Å²) in [7, 11) is 0. The molecule has 0 unspecified atom stereocenters. The third-order valence-electron chi connectivity index (χ3n) is 3.53. The first-order valence-corrected chi connectivity index (χ1v) is 7.22. The molecule has 3 aromatic rings. The fraction of sp³-hybridized carbons (Fsp3) is 0.125. The van der Waals surface area contributed by atoms with E-state index in [1.165, 1.54) is 11.6 Å². The Morgan fingerprint density at radius 3 is 2.64 bits per heavy atom. The van der Waals surface area contributed by atoms with Crippen molar-refractivity contribution >= 4 is 17.9 Å². The van der Waals surface area contributed by atoms with Crippen molar-refractivity contribution in [3.05, 3.63) is 52.3 Å². The molecule has 0 aliphatic carbocycles. The van der Waals surface area contributed by atoms with Crippen LogP contribution in [-0.2, 0) is 0 Å². The van der Waals surface area contributed by atoms with Crippen LogP contribution in [0.15, 0.2) is 36.4 Å². The molecule has 0 amide bonds. The molecule has 3 rings (SSSR count). The van der Waals surface area contributed by atoms with Gasteiger partial charge in [-0.05, 0) is 49.8 Å². The summed E-state index contributed by atoms with van der Waals surface area (Å²) in [5, 5.41) is 17.2. The predicted molar refractivity (Wildman–Crippen MR) is 89.7 cm³/mol. The number of phenols is 1. The molecular formula is C16H16N4OS. The van der Waals surface area contributed by atoms with Crippen LogP contribution in [0.4, 0.5) is 5.69 Å². The standard InChI is InChI=1S/C16H16N4OS/c1-9-3-6-13(10(2)7-9)20-15(18-19-16(20)22)12-5-4-11(17)8-14(12)21/h3-8,21H,17H2,1-2H3,(H,19,22). The van der Waals surface area contributed by atoms with E-state index in [1.54, 1.807) is 12.1 Å². The Kier molecular flexibility index (Phi) is 3.46. The molecule has 0 saturated heterocycles. The zero-order chi connectivity index (χ0) is 15.9. The zero-order valence-electron chi connectivity index (χ0n) is 12.3. The van der Waals surface area contributed by atoms with Gasteiger partial charge in [0.25, 0.3) is 0 Å². The maximum Gasteiger partial charge on any atom is 0.200 e. The summed E-state index contributed by atoms with van der Waals surface area (Å²) in [6.07, 6.45) is 0. The van der Waals surface area contributed by atoms with Crippen molar-refractivity contribution in [2.75, 3.05) is 5.73 Å². The molecule has 0 aliphatic rings. The summed E-state index contributed by atoms with van der Waals surface area (Å²) in [5.41, 5.74) is 9.93. The Balaban J connectivity index is 2.26. The Labute approximate surface area is 133 Å². The topological polar surface area (TPSA) is 79.9 Å². The maximum atomic E-state index is 10.2. The summed E-state index contributed by atoms with van der Waals surface area (Å²) in [5.74, 6) is 0.620. The average Bonchev–Trinajstić information content (AvgIpc) is 2.81. The number of nitrogens with one attached hydrogen (secondary N) is 1. The molecule has 0 saturated carbocycles. The molecule has 1 aromatic heterocycles. The Morgan fingerprint density at radius 1 is 1.18 bits per heavy atom. The van der Waals surface area contributed by atoms with E-state index in [9.17, 15) is 5.11 Å². The Morgan fingerprint density at radius 2 is 1.95 bits per heavy atom. The molecule has 5 nitrogen and oxygen atoms in total. The van der Waals surface area contributed by atoms with Crippen molar-refractivity contribution in [3.8, 4) is 22.8 Å². The van der Waals surface area contributed by atoms with Crippen molar-refractivity contribution in [1.82, 2.24) is 14.8 Å². The van der Waals surface area contributed by atoms with Gasteiger partial charge in [-0.3, -0.25) is 9.67 Å². The second kappa shape index (κ2) is 5.31. The van der Waals surface area contributed by atoms with Gasteiger partial charge in [0.15, 0.2) is 10.6 Å². The highest BCUT2D eigenvalue weighted by Crippen LogP contribution is 2.31. The number of aromatic amines is 1. The second-order valence-electron chi connectivity index (χ2n) is 5.25. The minimum atomic E-state index is 0.0695. The first-order chi connectivity index (χ1) is 10.5. The van der Waals surface area contributed by atoms with Gasteiger partial charge in [0.1, 0.15) is 5.75 Å². The number of H-pyrrole nitrogens is 1. The summed E-state index contributed by atoms with van der Waals surface area (Å²) in [6.45, 7) is 4.06. The quantitative estimate of drug-likeness (QED) is 0.500. The van der Waals surface area contributed by atoms with Crippen LogP contribution in [0.1, 0.15) is 11.1 Å². The molecule has 0 atom stereocenters. The molecule has 1 heterocycles. The van der Waals surface area contributed by atoms with Crippen LogP contribution in [0.5, 0.6) is 5.75 Å². The Bertz CT molecular complexity index is 911. The number of nitrogens with two attached hydrogens (primary N) is 1. The van der Waals surface area contributed by atoms with E-state index in [-0.39, 0.29) is 5.75 Å². The lowest BCUT2D eigenvalue weighted by atomic mass is 10.1. The lowest BCUT2D eigenvalue weighted by Gasteiger charge is -2.11. The third kappa shape index (κ3) is 2.37. The van der Waals surface area contributed by atoms with E-state index in [0.29, 0.717) is 21.8 Å². The summed E-state index contributed by atoms with van der Waals surface area (Å²) in [4.78, 5) is 0. The molecule has 2 aromatic carbocycles. The smallest absolute Gasteiger partial charge is 0.200 e. The van der Waals surface area contributed by atoms with Gasteiger partial charge in [-0.15, -0.1) is 0 Å². The fourth-order valence-corrected chi connectivity index (χ4v) is 2.73. The summed E-state index contributed by atoms with van der Waals surface area (Å²) < 4.78 is 2.29. The number of hydrogen-bond acceptors (Lipinski definition) is 4. The third-order valence-corrected chi connectivity index (χ3v) is 3.80. The van der Waals surface area contributed by atoms with Crippen LogP contribution in [0.2, 0.25) is 0 Å². The molecule has 0 fully saturated rings. The van der Waals surface area contributed by atoms with Crippen LogP contribution >= 0.6 is 12.2 Å². The molecule has 0 radical (unpaired) electrons. The first-order valence-electron chi connectivity index (χ1n) is 6.81. The number of anilines is 1. The first kappa shape index (κ1) is 14.3. The normalized spacial score (nSPS) is 10.8. The molecule has 22 heavy (non-hydrogen) atoms. The van der Waals surface area contributed by atoms with Crippen molar-refractivity contribution < 1.29 is 5.11 Å². The van der Waals surface area contributed by atoms with Gasteiger partial charge in [0, 0.05) is 11.8 Å². The van der Waals surface area contributed by atoms with Gasteiger partial charge in [-0.25, -0.2) is 0 Å². The largest absolute Gasteiger partial charge is 0.507 e. The van der Waals surface area contributed by atoms with E-state index in [4.69, 9.17) is 18.0 Å². The van der Waals surface area contributed by atoms with E-state index in [1.807, 2.05) is 30.5 Å². The molecule has 6 heteroatoms. The lowest BCUT2D eigenvalue weighted by Crippen LogP contribution is -2.01. The average molecular weight is 312 g/mol. The van der Waals surface area contributed by atoms with Crippen molar-refractivity contribution in [2.24, 2.45) is 0 Å². The number of aryl methyl sites for hydroxylation is 2. The molecule has 0 spiro atoms. The lowest BCUT2D eigenvalue weighted by molar-refractivity contribution is 0.477. The second-order valence-corrected chi connectivity index (χ2v) is 5.64. The number of nitrogens with zero attached hydrogens (tertiary/aromatic N) is 2. The van der Waals surface area contributed by atoms with Crippen LogP contribution in [-0.4, -0.2) is 19.9 Å². The highest BCUT2D eigenvalue weighted by Gasteiger charge is 2.15. The van der Waals surface area contributed by atoms with Crippen LogP contribution < -0.4 is 5.73 Å². The molecule has 0 aliphatic heterocycles. The summed E-state index contributed by atoms with van der Waals surface area (Å²) in [6, 6.07) is 11.0. The zero-order valence-corrected chi connectivity index (χ0v) is 13.1. The minimum absolute atomic E-state index is 0.0695. The van der Waals surface area contributed by atoms with E-state index in [0.717, 1.165) is 11.3 Å². The number of phenolic OH excluding ortho intramolecular Hbond substituents is 1. The van der Waals surface area contributed by atoms with Gasteiger partial charge < -0.3 is 10.8 Å². The van der Waals surface area contributed by atoms with Crippen LogP contribution in [0.3, 0.4) is 0 Å². The van der Waals surface area contributed by atoms with Crippen LogP contribution in [0.25, 0.3) is 17.1 Å². The molecule has 0 bridgehead atoms. The number of benzene rings is 2. The number of rotatable bonds is 2. The van der Waals surface area contributed by atoms with Gasteiger partial charge >= 0.3 is 0 Å². The maximum absolute atomic E-state index is 10.2. The number of nitrogen functional groups attached to an aromatic ring is 1.